The number of benzene rings is 1. The Labute approximate surface area is 141 Å². The predicted octanol–water partition coefficient (Wildman–Crippen LogP) is 1.79. The van der Waals surface area contributed by atoms with E-state index in [4.69, 9.17) is 0 Å². The Morgan fingerprint density at radius 1 is 1.29 bits per heavy atom. The molecule has 1 aliphatic rings. The standard InChI is InChI=1S/C18H22N4O2/c1-3-16-15(11-19-22(16)14-7-5-4-6-8-14)18(24)21(2)12-17(23)20-13-9-10-13/h4-8,11,13H,3,9-10,12H2,1-2H3,(H,20,23). The van der Waals surface area contributed by atoms with E-state index in [9.17, 15) is 9.59 Å². The van der Waals surface area contributed by atoms with Crippen LogP contribution in [0.15, 0.2) is 36.5 Å². The van der Waals surface area contributed by atoms with Crippen LogP contribution in [0.5, 0.6) is 0 Å². The molecule has 24 heavy (non-hydrogen) atoms. The molecule has 1 aromatic carbocycles. The number of likely N-dealkylation sites (N-methyl/N-ethyl adjacent to an activating group) is 1. The lowest BCUT2D eigenvalue weighted by Crippen LogP contribution is -2.39. The molecule has 2 amide bonds. The van der Waals surface area contributed by atoms with Gasteiger partial charge in [-0.05, 0) is 31.4 Å². The molecule has 0 bridgehead atoms. The first-order valence-corrected chi connectivity index (χ1v) is 8.27. The van der Waals surface area contributed by atoms with Crippen LogP contribution in [0.3, 0.4) is 0 Å². The maximum atomic E-state index is 12.7. The summed E-state index contributed by atoms with van der Waals surface area (Å²) in [7, 11) is 1.65. The maximum absolute atomic E-state index is 12.7. The van der Waals surface area contributed by atoms with Crippen LogP contribution in [0, 0.1) is 0 Å². The molecule has 3 rings (SSSR count). The van der Waals surface area contributed by atoms with E-state index in [-0.39, 0.29) is 18.4 Å². The number of hydrogen-bond acceptors (Lipinski definition) is 3. The molecular weight excluding hydrogens is 304 g/mol. The smallest absolute Gasteiger partial charge is 0.257 e. The number of hydrogen-bond donors (Lipinski definition) is 1. The van der Waals surface area contributed by atoms with Crippen LogP contribution in [0.2, 0.25) is 0 Å². The topological polar surface area (TPSA) is 67.2 Å². The van der Waals surface area contributed by atoms with Crippen molar-refractivity contribution >= 4 is 11.8 Å². The number of rotatable bonds is 6. The number of para-hydroxylation sites is 1. The van der Waals surface area contributed by atoms with Crippen molar-refractivity contribution in [3.63, 3.8) is 0 Å². The van der Waals surface area contributed by atoms with Gasteiger partial charge in [0.15, 0.2) is 0 Å². The third kappa shape index (κ3) is 3.48. The Kier molecular flexibility index (Phi) is 4.64. The van der Waals surface area contributed by atoms with Crippen molar-refractivity contribution in [2.75, 3.05) is 13.6 Å². The second kappa shape index (κ2) is 6.86. The van der Waals surface area contributed by atoms with Gasteiger partial charge in [0.1, 0.15) is 0 Å². The Hall–Kier alpha value is -2.63. The van der Waals surface area contributed by atoms with E-state index >= 15 is 0 Å². The van der Waals surface area contributed by atoms with Crippen LogP contribution in [-0.4, -0.2) is 46.1 Å². The van der Waals surface area contributed by atoms with Gasteiger partial charge in [-0.2, -0.15) is 5.10 Å². The molecule has 6 nitrogen and oxygen atoms in total. The average Bonchev–Trinajstić information content (AvgIpc) is 3.29. The molecule has 0 unspecified atom stereocenters. The molecule has 1 heterocycles. The Morgan fingerprint density at radius 2 is 2.00 bits per heavy atom. The van der Waals surface area contributed by atoms with E-state index in [0.717, 1.165) is 24.2 Å². The zero-order chi connectivity index (χ0) is 17.1. The van der Waals surface area contributed by atoms with Gasteiger partial charge in [0.25, 0.3) is 5.91 Å². The van der Waals surface area contributed by atoms with E-state index in [0.29, 0.717) is 18.0 Å². The lowest BCUT2D eigenvalue weighted by molar-refractivity contribution is -0.121. The number of carbonyl (C=O) groups excluding carboxylic acids is 2. The molecule has 6 heteroatoms. The van der Waals surface area contributed by atoms with Crippen molar-refractivity contribution < 1.29 is 9.59 Å². The molecule has 0 atom stereocenters. The van der Waals surface area contributed by atoms with Crippen LogP contribution < -0.4 is 5.32 Å². The van der Waals surface area contributed by atoms with E-state index in [1.807, 2.05) is 37.3 Å². The zero-order valence-electron chi connectivity index (χ0n) is 14.0. The van der Waals surface area contributed by atoms with Crippen LogP contribution in [0.4, 0.5) is 0 Å². The fourth-order valence-electron chi connectivity index (χ4n) is 2.68. The highest BCUT2D eigenvalue weighted by Gasteiger charge is 2.26. The number of amides is 2. The minimum Gasteiger partial charge on any atom is -0.352 e. The van der Waals surface area contributed by atoms with Crippen molar-refractivity contribution in [3.8, 4) is 5.69 Å². The zero-order valence-corrected chi connectivity index (χ0v) is 14.0. The van der Waals surface area contributed by atoms with Crippen molar-refractivity contribution in [2.45, 2.75) is 32.2 Å². The van der Waals surface area contributed by atoms with E-state index < -0.39 is 0 Å². The molecule has 0 saturated heterocycles. The summed E-state index contributed by atoms with van der Waals surface area (Å²) < 4.78 is 1.78. The SMILES string of the molecule is CCc1c(C(=O)N(C)CC(=O)NC2CC2)cnn1-c1ccccc1. The van der Waals surface area contributed by atoms with Gasteiger partial charge < -0.3 is 10.2 Å². The van der Waals surface area contributed by atoms with Crippen molar-refractivity contribution in [2.24, 2.45) is 0 Å². The van der Waals surface area contributed by atoms with Gasteiger partial charge in [-0.15, -0.1) is 0 Å². The van der Waals surface area contributed by atoms with Crippen LogP contribution in [0.1, 0.15) is 35.8 Å². The van der Waals surface area contributed by atoms with Gasteiger partial charge in [0.2, 0.25) is 5.91 Å². The quantitative estimate of drug-likeness (QED) is 0.880. The van der Waals surface area contributed by atoms with E-state index in [1.165, 1.54) is 4.90 Å². The van der Waals surface area contributed by atoms with Gasteiger partial charge >= 0.3 is 0 Å². The van der Waals surface area contributed by atoms with Crippen molar-refractivity contribution in [3.05, 3.63) is 47.8 Å². The second-order valence-corrected chi connectivity index (χ2v) is 6.11. The summed E-state index contributed by atoms with van der Waals surface area (Å²) in [6.07, 6.45) is 4.34. The normalized spacial score (nSPS) is 13.6. The summed E-state index contributed by atoms with van der Waals surface area (Å²) in [5, 5.41) is 7.26. The summed E-state index contributed by atoms with van der Waals surface area (Å²) in [6, 6.07) is 10.0. The van der Waals surface area contributed by atoms with Gasteiger partial charge in [0.05, 0.1) is 29.7 Å². The highest BCUT2D eigenvalue weighted by Crippen LogP contribution is 2.19. The summed E-state index contributed by atoms with van der Waals surface area (Å²) in [5.74, 6) is -0.290. The molecule has 1 aromatic heterocycles. The maximum Gasteiger partial charge on any atom is 0.257 e. The molecule has 1 aliphatic carbocycles. The number of nitrogens with one attached hydrogen (secondary N) is 1. The molecule has 1 fully saturated rings. The van der Waals surface area contributed by atoms with Crippen molar-refractivity contribution in [1.29, 1.82) is 0 Å². The van der Waals surface area contributed by atoms with Crippen LogP contribution >= 0.6 is 0 Å². The molecule has 0 radical (unpaired) electrons. The lowest BCUT2D eigenvalue weighted by atomic mass is 10.1. The minimum absolute atomic E-state index is 0.0645. The summed E-state index contributed by atoms with van der Waals surface area (Å²) in [5.41, 5.74) is 2.31. The molecule has 1 saturated carbocycles. The Balaban J connectivity index is 1.76. The number of carbonyl (C=O) groups is 2. The van der Waals surface area contributed by atoms with Gasteiger partial charge in [-0.3, -0.25) is 9.59 Å². The lowest BCUT2D eigenvalue weighted by Gasteiger charge is -2.17. The first kappa shape index (κ1) is 16.2. The van der Waals surface area contributed by atoms with Crippen LogP contribution in [0.25, 0.3) is 5.69 Å². The molecule has 126 valence electrons. The first-order chi connectivity index (χ1) is 11.6. The van der Waals surface area contributed by atoms with Gasteiger partial charge in [-0.1, -0.05) is 25.1 Å². The molecule has 0 spiro atoms. The first-order valence-electron chi connectivity index (χ1n) is 8.27. The van der Waals surface area contributed by atoms with Gasteiger partial charge in [-0.25, -0.2) is 4.68 Å². The molecular formula is C18H22N4O2. The predicted molar refractivity (Wildman–Crippen MR) is 91.1 cm³/mol. The highest BCUT2D eigenvalue weighted by atomic mass is 16.2. The molecule has 0 aliphatic heterocycles. The molecule has 2 aromatic rings. The minimum atomic E-state index is -0.181. The van der Waals surface area contributed by atoms with Gasteiger partial charge in [0, 0.05) is 13.1 Å². The largest absolute Gasteiger partial charge is 0.352 e. The fourth-order valence-corrected chi connectivity index (χ4v) is 2.68. The van der Waals surface area contributed by atoms with E-state index in [1.54, 1.807) is 17.9 Å². The monoisotopic (exact) mass is 326 g/mol. The third-order valence-electron chi connectivity index (χ3n) is 4.10. The molecule has 1 N–H and O–H groups in total. The third-order valence-corrected chi connectivity index (χ3v) is 4.10. The summed E-state index contributed by atoms with van der Waals surface area (Å²) >= 11 is 0. The van der Waals surface area contributed by atoms with Crippen molar-refractivity contribution in [1.82, 2.24) is 20.0 Å². The van der Waals surface area contributed by atoms with E-state index in [2.05, 4.69) is 10.4 Å². The second-order valence-electron chi connectivity index (χ2n) is 6.11. The Morgan fingerprint density at radius 3 is 2.62 bits per heavy atom. The average molecular weight is 326 g/mol. The highest BCUT2D eigenvalue weighted by molar-refractivity contribution is 5.97. The summed E-state index contributed by atoms with van der Waals surface area (Å²) in [4.78, 5) is 26.0. The number of nitrogens with zero attached hydrogens (tertiary/aromatic N) is 3. The Bertz CT molecular complexity index is 735. The summed E-state index contributed by atoms with van der Waals surface area (Å²) in [6.45, 7) is 2.06. The number of aromatic nitrogens is 2. The fraction of sp³-hybridized carbons (Fsp3) is 0.389. The van der Waals surface area contributed by atoms with Crippen LogP contribution in [-0.2, 0) is 11.2 Å².